The minimum Gasteiger partial charge on any atom is -0.345 e. The van der Waals surface area contributed by atoms with Crippen molar-refractivity contribution in [1.82, 2.24) is 24.7 Å². The number of H-pyrrole nitrogens is 1. The lowest BCUT2D eigenvalue weighted by molar-refractivity contribution is -0.231. The van der Waals surface area contributed by atoms with Crippen LogP contribution >= 0.6 is 0 Å². The Bertz CT molecular complexity index is 1550. The van der Waals surface area contributed by atoms with Gasteiger partial charge in [0.15, 0.2) is 5.82 Å². The molecule has 4 aromatic rings. The van der Waals surface area contributed by atoms with Gasteiger partial charge in [-0.05, 0) is 54.6 Å². The fourth-order valence-corrected chi connectivity index (χ4v) is 4.55. The minimum atomic E-state index is -3.36. The zero-order valence-electron chi connectivity index (χ0n) is 21.1. The number of nitrogens with one attached hydrogen (secondary N) is 3. The molecule has 2 aromatic heterocycles. The molecular weight excluding hydrogens is 530 g/mol. The summed E-state index contributed by atoms with van der Waals surface area (Å²) in [5.74, 6) is -0.0955. The SMILES string of the molecule is CC1(CNS(C)(=O)=O)COC(c2nc(-c3ccc(F)cc3)c(-c3ccnc(Nc4ccc(F)cc4)n3)[nH]2)OC1. The fraction of sp³-hybridized carbons (Fsp3) is 0.269. The average molecular weight is 557 g/mol. The van der Waals surface area contributed by atoms with Gasteiger partial charge in [0, 0.05) is 29.4 Å². The van der Waals surface area contributed by atoms with E-state index in [1.165, 1.54) is 24.3 Å². The maximum absolute atomic E-state index is 13.7. The molecule has 0 radical (unpaired) electrons. The topological polar surface area (TPSA) is 131 Å². The number of ether oxygens (including phenoxy) is 2. The Morgan fingerprint density at radius 3 is 2.28 bits per heavy atom. The molecule has 1 aliphatic heterocycles. The van der Waals surface area contributed by atoms with Crippen molar-refractivity contribution < 1.29 is 26.7 Å². The Morgan fingerprint density at radius 1 is 1.00 bits per heavy atom. The largest absolute Gasteiger partial charge is 0.345 e. The number of hydrogen-bond donors (Lipinski definition) is 3. The maximum atomic E-state index is 13.7. The van der Waals surface area contributed by atoms with Crippen molar-refractivity contribution in [3.63, 3.8) is 0 Å². The predicted octanol–water partition coefficient (Wildman–Crippen LogP) is 4.16. The monoisotopic (exact) mass is 556 g/mol. The highest BCUT2D eigenvalue weighted by atomic mass is 32.2. The first-order valence-electron chi connectivity index (χ1n) is 12.0. The molecular formula is C26H26F2N6O4S. The van der Waals surface area contributed by atoms with Gasteiger partial charge in [0.1, 0.15) is 11.6 Å². The van der Waals surface area contributed by atoms with Gasteiger partial charge in [0.2, 0.25) is 22.3 Å². The standard InChI is InChI=1S/C26H26F2N6O4S/c1-26(13-30-39(2,35)36)14-37-24(38-15-26)23-33-21(16-3-5-17(27)6-4-16)22(34-23)20-11-12-29-25(32-20)31-19-9-7-18(28)8-10-19/h3-12,24,30H,13-15H2,1-2H3,(H,33,34)(H,29,31,32). The van der Waals surface area contributed by atoms with Crippen molar-refractivity contribution in [2.24, 2.45) is 5.41 Å². The summed E-state index contributed by atoms with van der Waals surface area (Å²) in [7, 11) is -3.36. The quantitative estimate of drug-likeness (QED) is 0.295. The van der Waals surface area contributed by atoms with Crippen LogP contribution in [0.4, 0.5) is 20.4 Å². The summed E-state index contributed by atoms with van der Waals surface area (Å²) < 4.78 is 64.3. The van der Waals surface area contributed by atoms with Gasteiger partial charge in [-0.2, -0.15) is 0 Å². The van der Waals surface area contributed by atoms with Crippen molar-refractivity contribution >= 4 is 21.7 Å². The molecule has 3 N–H and O–H groups in total. The lowest BCUT2D eigenvalue weighted by Gasteiger charge is -2.36. The van der Waals surface area contributed by atoms with E-state index < -0.39 is 21.7 Å². The van der Waals surface area contributed by atoms with Crippen molar-refractivity contribution in [2.75, 3.05) is 31.3 Å². The van der Waals surface area contributed by atoms with Crippen LogP contribution in [0.2, 0.25) is 0 Å². The summed E-state index contributed by atoms with van der Waals surface area (Å²) in [5, 5.41) is 3.04. The Labute approximate surface area is 223 Å². The summed E-state index contributed by atoms with van der Waals surface area (Å²) in [4.78, 5) is 16.8. The number of anilines is 2. The molecule has 1 aliphatic rings. The van der Waals surface area contributed by atoms with Crippen LogP contribution in [-0.4, -0.2) is 54.4 Å². The molecule has 0 atom stereocenters. The number of rotatable bonds is 8. The van der Waals surface area contributed by atoms with Crippen LogP contribution in [0.1, 0.15) is 19.0 Å². The Morgan fingerprint density at radius 2 is 1.64 bits per heavy atom. The van der Waals surface area contributed by atoms with E-state index in [1.807, 2.05) is 6.92 Å². The van der Waals surface area contributed by atoms with Crippen molar-refractivity contribution in [3.8, 4) is 22.6 Å². The highest BCUT2D eigenvalue weighted by Gasteiger charge is 2.35. The van der Waals surface area contributed by atoms with Crippen molar-refractivity contribution in [1.29, 1.82) is 0 Å². The van der Waals surface area contributed by atoms with Crippen LogP contribution < -0.4 is 10.0 Å². The normalized spacial score (nSPS) is 19.6. The second kappa shape index (κ2) is 10.8. The predicted molar refractivity (Wildman–Crippen MR) is 140 cm³/mol. The minimum absolute atomic E-state index is 0.160. The Hall–Kier alpha value is -3.78. The van der Waals surface area contributed by atoms with Gasteiger partial charge in [-0.1, -0.05) is 6.92 Å². The number of nitrogens with zero attached hydrogens (tertiary/aromatic N) is 3. The molecule has 1 fully saturated rings. The number of sulfonamides is 1. The van der Waals surface area contributed by atoms with E-state index in [0.29, 0.717) is 34.2 Å². The summed E-state index contributed by atoms with van der Waals surface area (Å²) in [6.45, 7) is 2.46. The highest BCUT2D eigenvalue weighted by Crippen LogP contribution is 2.35. The summed E-state index contributed by atoms with van der Waals surface area (Å²) in [6, 6.07) is 13.4. The number of imidazole rings is 1. The second-order valence-electron chi connectivity index (χ2n) is 9.61. The third kappa shape index (κ3) is 6.63. The van der Waals surface area contributed by atoms with Crippen LogP contribution in [0.3, 0.4) is 0 Å². The molecule has 0 spiro atoms. The van der Waals surface area contributed by atoms with Crippen molar-refractivity contribution in [3.05, 3.63) is 78.3 Å². The first kappa shape index (κ1) is 26.8. The van der Waals surface area contributed by atoms with Gasteiger partial charge in [0.25, 0.3) is 0 Å². The number of hydrogen-bond acceptors (Lipinski definition) is 8. The maximum Gasteiger partial charge on any atom is 0.227 e. The molecule has 5 rings (SSSR count). The summed E-state index contributed by atoms with van der Waals surface area (Å²) >= 11 is 0. The number of benzene rings is 2. The van der Waals surface area contributed by atoms with Crippen LogP contribution in [0.25, 0.3) is 22.6 Å². The summed E-state index contributed by atoms with van der Waals surface area (Å²) in [6.07, 6.45) is 1.82. The lowest BCUT2D eigenvalue weighted by atomic mass is 9.92. The van der Waals surface area contributed by atoms with Gasteiger partial charge >= 0.3 is 0 Å². The molecule has 2 aromatic carbocycles. The van der Waals surface area contributed by atoms with Gasteiger partial charge in [-0.25, -0.2) is 36.9 Å². The molecule has 0 unspecified atom stereocenters. The first-order valence-corrected chi connectivity index (χ1v) is 13.9. The molecule has 0 bridgehead atoms. The second-order valence-corrected chi connectivity index (χ2v) is 11.4. The van der Waals surface area contributed by atoms with Crippen LogP contribution in [0.15, 0.2) is 60.8 Å². The number of aromatic amines is 1. The fourth-order valence-electron chi connectivity index (χ4n) is 3.93. The molecule has 1 saturated heterocycles. The highest BCUT2D eigenvalue weighted by molar-refractivity contribution is 7.88. The zero-order chi connectivity index (χ0) is 27.6. The zero-order valence-corrected chi connectivity index (χ0v) is 21.9. The van der Waals surface area contributed by atoms with E-state index >= 15 is 0 Å². The number of halogens is 2. The molecule has 13 heteroatoms. The van der Waals surface area contributed by atoms with Gasteiger partial charge < -0.3 is 19.8 Å². The molecule has 0 amide bonds. The van der Waals surface area contributed by atoms with Gasteiger partial charge in [-0.3, -0.25) is 0 Å². The van der Waals surface area contributed by atoms with E-state index in [1.54, 1.807) is 36.5 Å². The van der Waals surface area contributed by atoms with E-state index in [4.69, 9.17) is 14.5 Å². The molecule has 0 aliphatic carbocycles. The first-order chi connectivity index (χ1) is 18.6. The Kier molecular flexibility index (Phi) is 7.40. The van der Waals surface area contributed by atoms with E-state index in [-0.39, 0.29) is 37.3 Å². The average Bonchev–Trinajstić information content (AvgIpc) is 3.35. The summed E-state index contributed by atoms with van der Waals surface area (Å²) in [5.41, 5.74) is 2.19. The molecule has 204 valence electrons. The Balaban J connectivity index is 1.43. The van der Waals surface area contributed by atoms with Crippen LogP contribution in [-0.2, 0) is 19.5 Å². The van der Waals surface area contributed by atoms with E-state index in [9.17, 15) is 17.2 Å². The van der Waals surface area contributed by atoms with Gasteiger partial charge in [0.05, 0.1) is 36.6 Å². The number of aromatic nitrogens is 4. The molecule has 0 saturated carbocycles. The van der Waals surface area contributed by atoms with Crippen LogP contribution in [0.5, 0.6) is 0 Å². The lowest BCUT2D eigenvalue weighted by Crippen LogP contribution is -2.45. The smallest absolute Gasteiger partial charge is 0.227 e. The van der Waals surface area contributed by atoms with Crippen LogP contribution in [0, 0.1) is 17.0 Å². The van der Waals surface area contributed by atoms with E-state index in [2.05, 4.69) is 25.0 Å². The third-order valence-electron chi connectivity index (χ3n) is 6.00. The van der Waals surface area contributed by atoms with E-state index in [0.717, 1.165) is 6.26 Å². The van der Waals surface area contributed by atoms with Gasteiger partial charge in [-0.15, -0.1) is 0 Å². The molecule has 3 heterocycles. The third-order valence-corrected chi connectivity index (χ3v) is 6.67. The molecule has 10 nitrogen and oxygen atoms in total. The molecule has 39 heavy (non-hydrogen) atoms. The van der Waals surface area contributed by atoms with Crippen molar-refractivity contribution in [2.45, 2.75) is 13.2 Å².